The Morgan fingerprint density at radius 1 is 1.36 bits per heavy atom. The largest absolute Gasteiger partial charge is 0.381 e. The maximum atomic E-state index is 9.27. The van der Waals surface area contributed by atoms with E-state index in [9.17, 15) is 5.11 Å². The first-order valence-corrected chi connectivity index (χ1v) is 9.07. The summed E-state index contributed by atoms with van der Waals surface area (Å²) >= 11 is 6.20. The molecule has 2 aromatic heterocycles. The molecule has 3 N–H and O–H groups in total. The summed E-state index contributed by atoms with van der Waals surface area (Å²) in [5, 5.41) is 13.3. The molecular weight excluding hydrogens is 378 g/mol. The van der Waals surface area contributed by atoms with Gasteiger partial charge in [0.15, 0.2) is 5.82 Å². The summed E-state index contributed by atoms with van der Waals surface area (Å²) in [5.74, 6) is 6.50. The first-order chi connectivity index (χ1) is 13.4. The van der Waals surface area contributed by atoms with Crippen molar-refractivity contribution in [2.24, 2.45) is 0 Å². The van der Waals surface area contributed by atoms with Crippen molar-refractivity contribution >= 4 is 29.1 Å². The predicted octanol–water partition coefficient (Wildman–Crippen LogP) is 3.12. The van der Waals surface area contributed by atoms with Gasteiger partial charge in [-0.15, -0.1) is 0 Å². The highest BCUT2D eigenvalue weighted by molar-refractivity contribution is 6.33. The smallest absolute Gasteiger partial charge is 0.222 e. The molecule has 0 bridgehead atoms. The molecule has 144 valence electrons. The van der Waals surface area contributed by atoms with Gasteiger partial charge in [0.2, 0.25) is 5.95 Å². The third kappa shape index (κ3) is 4.80. The molecule has 0 saturated heterocycles. The van der Waals surface area contributed by atoms with Crippen LogP contribution in [0.5, 0.6) is 0 Å². The normalized spacial score (nSPS) is 13.1. The molecule has 1 atom stereocenters. The van der Waals surface area contributed by atoms with Crippen LogP contribution in [0.15, 0.2) is 41.2 Å². The van der Waals surface area contributed by atoms with E-state index in [1.807, 2.05) is 30.0 Å². The fourth-order valence-corrected chi connectivity index (χ4v) is 2.89. The quantitative estimate of drug-likeness (QED) is 0.608. The van der Waals surface area contributed by atoms with Gasteiger partial charge in [-0.2, -0.15) is 4.98 Å². The SMILES string of the molecule is CC(O)C#Cc1ccc2c(c1)N(c1nc(N)ncc1Cl)CC2.Cc1ccon1. The van der Waals surface area contributed by atoms with E-state index in [1.165, 1.54) is 11.8 Å². The Balaban J connectivity index is 0.000000320. The summed E-state index contributed by atoms with van der Waals surface area (Å²) < 4.78 is 4.46. The Hall–Kier alpha value is -3.08. The highest BCUT2D eigenvalue weighted by Crippen LogP contribution is 2.37. The minimum atomic E-state index is -0.652. The van der Waals surface area contributed by atoms with E-state index in [2.05, 4.69) is 31.5 Å². The summed E-state index contributed by atoms with van der Waals surface area (Å²) in [4.78, 5) is 10.2. The molecule has 7 nitrogen and oxygen atoms in total. The Bertz CT molecular complexity index is 1010. The number of halogens is 1. The van der Waals surface area contributed by atoms with Gasteiger partial charge < -0.3 is 20.3 Å². The number of rotatable bonds is 1. The molecule has 0 amide bonds. The van der Waals surface area contributed by atoms with Crippen LogP contribution in [0.2, 0.25) is 5.02 Å². The average molecular weight is 398 g/mol. The third-order valence-corrected chi connectivity index (χ3v) is 4.24. The monoisotopic (exact) mass is 397 g/mol. The van der Waals surface area contributed by atoms with Crippen LogP contribution < -0.4 is 10.6 Å². The van der Waals surface area contributed by atoms with E-state index in [1.54, 1.807) is 19.3 Å². The zero-order chi connectivity index (χ0) is 20.1. The second-order valence-corrected chi connectivity index (χ2v) is 6.64. The van der Waals surface area contributed by atoms with Crippen LogP contribution in [0.4, 0.5) is 17.5 Å². The summed E-state index contributed by atoms with van der Waals surface area (Å²) in [6.45, 7) is 4.29. The molecule has 0 radical (unpaired) electrons. The van der Waals surface area contributed by atoms with Crippen LogP contribution >= 0.6 is 11.6 Å². The molecule has 28 heavy (non-hydrogen) atoms. The lowest BCUT2D eigenvalue weighted by atomic mass is 10.1. The molecule has 0 fully saturated rings. The maximum Gasteiger partial charge on any atom is 0.222 e. The van der Waals surface area contributed by atoms with Gasteiger partial charge in [-0.1, -0.05) is 34.7 Å². The van der Waals surface area contributed by atoms with Gasteiger partial charge in [-0.25, -0.2) is 4.98 Å². The molecule has 0 spiro atoms. The maximum absolute atomic E-state index is 9.27. The summed E-state index contributed by atoms with van der Waals surface area (Å²) in [5.41, 5.74) is 9.65. The molecule has 1 aliphatic rings. The number of aliphatic hydroxyl groups excluding tert-OH is 1. The molecule has 4 rings (SSSR count). The summed E-state index contributed by atoms with van der Waals surface area (Å²) in [6, 6.07) is 7.78. The van der Waals surface area contributed by atoms with Crippen molar-refractivity contribution in [3.05, 3.63) is 58.6 Å². The molecule has 1 aromatic carbocycles. The van der Waals surface area contributed by atoms with Crippen molar-refractivity contribution < 1.29 is 9.63 Å². The van der Waals surface area contributed by atoms with Gasteiger partial charge >= 0.3 is 0 Å². The van der Waals surface area contributed by atoms with Crippen molar-refractivity contribution in [2.75, 3.05) is 17.2 Å². The Morgan fingerprint density at radius 3 is 2.82 bits per heavy atom. The summed E-state index contributed by atoms with van der Waals surface area (Å²) in [7, 11) is 0. The van der Waals surface area contributed by atoms with E-state index in [4.69, 9.17) is 17.3 Å². The molecule has 1 unspecified atom stereocenters. The van der Waals surface area contributed by atoms with Gasteiger partial charge in [0, 0.05) is 23.9 Å². The number of fused-ring (bicyclic) bond motifs is 1. The number of benzene rings is 1. The van der Waals surface area contributed by atoms with Gasteiger partial charge in [-0.05, 0) is 38.0 Å². The van der Waals surface area contributed by atoms with Crippen LogP contribution in [-0.2, 0) is 6.42 Å². The second-order valence-electron chi connectivity index (χ2n) is 6.23. The lowest BCUT2D eigenvalue weighted by molar-refractivity contribution is 0.253. The van der Waals surface area contributed by atoms with Crippen molar-refractivity contribution in [2.45, 2.75) is 26.4 Å². The van der Waals surface area contributed by atoms with Gasteiger partial charge in [-0.3, -0.25) is 0 Å². The molecular formula is C20H20ClN5O2. The second kappa shape index (κ2) is 8.74. The molecule has 0 saturated carbocycles. The Morgan fingerprint density at radius 2 is 2.18 bits per heavy atom. The number of aliphatic hydroxyl groups is 1. The number of aryl methyl sites for hydroxylation is 1. The number of nitrogen functional groups attached to an aromatic ring is 1. The minimum Gasteiger partial charge on any atom is -0.381 e. The number of hydrogen-bond donors (Lipinski definition) is 2. The number of anilines is 3. The summed E-state index contributed by atoms with van der Waals surface area (Å²) in [6.07, 6.45) is 3.31. The highest BCUT2D eigenvalue weighted by Gasteiger charge is 2.24. The van der Waals surface area contributed by atoms with Crippen LogP contribution in [0.3, 0.4) is 0 Å². The van der Waals surface area contributed by atoms with E-state index in [0.717, 1.165) is 29.9 Å². The van der Waals surface area contributed by atoms with Crippen LogP contribution in [0.25, 0.3) is 0 Å². The Kier molecular flexibility index (Phi) is 6.14. The number of hydrogen-bond acceptors (Lipinski definition) is 7. The highest BCUT2D eigenvalue weighted by atomic mass is 35.5. The van der Waals surface area contributed by atoms with E-state index in [0.29, 0.717) is 10.8 Å². The lowest BCUT2D eigenvalue weighted by Gasteiger charge is -2.19. The van der Waals surface area contributed by atoms with E-state index < -0.39 is 6.10 Å². The number of aromatic nitrogens is 3. The van der Waals surface area contributed by atoms with E-state index >= 15 is 0 Å². The van der Waals surface area contributed by atoms with Crippen LogP contribution in [0, 0.1) is 18.8 Å². The molecule has 8 heteroatoms. The van der Waals surface area contributed by atoms with Crippen molar-refractivity contribution in [1.29, 1.82) is 0 Å². The van der Waals surface area contributed by atoms with Crippen molar-refractivity contribution in [3.63, 3.8) is 0 Å². The fourth-order valence-electron chi connectivity index (χ4n) is 2.70. The third-order valence-electron chi connectivity index (χ3n) is 3.97. The minimum absolute atomic E-state index is 0.193. The molecule has 3 aromatic rings. The first kappa shape index (κ1) is 19.7. The standard InChI is InChI=1S/C16H15ClN4O.C4H5NO/c1-10(22)2-3-11-4-5-12-6-7-21(14(12)8-11)15-13(17)9-19-16(18)20-15;1-4-2-3-6-5-4/h4-5,8-10,22H,6-7H2,1H3,(H2,18,19,20);2-3H,1H3. The predicted molar refractivity (Wildman–Crippen MR) is 108 cm³/mol. The fraction of sp³-hybridized carbons (Fsp3) is 0.250. The van der Waals surface area contributed by atoms with Gasteiger partial charge in [0.1, 0.15) is 17.4 Å². The number of nitrogens with zero attached hydrogens (tertiary/aromatic N) is 4. The van der Waals surface area contributed by atoms with Crippen molar-refractivity contribution in [1.82, 2.24) is 15.1 Å². The number of nitrogens with two attached hydrogens (primary N) is 1. The van der Waals surface area contributed by atoms with Crippen molar-refractivity contribution in [3.8, 4) is 11.8 Å². The lowest BCUT2D eigenvalue weighted by Crippen LogP contribution is -2.16. The van der Waals surface area contributed by atoms with Gasteiger partial charge in [0.05, 0.1) is 11.9 Å². The topological polar surface area (TPSA) is 101 Å². The zero-order valence-electron chi connectivity index (χ0n) is 15.6. The average Bonchev–Trinajstić information content (AvgIpc) is 3.31. The molecule has 0 aliphatic carbocycles. The molecule has 3 heterocycles. The van der Waals surface area contributed by atoms with Crippen LogP contribution in [0.1, 0.15) is 23.7 Å². The first-order valence-electron chi connectivity index (χ1n) is 8.69. The van der Waals surface area contributed by atoms with Gasteiger partial charge in [0.25, 0.3) is 0 Å². The van der Waals surface area contributed by atoms with E-state index in [-0.39, 0.29) is 5.95 Å². The zero-order valence-corrected chi connectivity index (χ0v) is 16.3. The van der Waals surface area contributed by atoms with Crippen LogP contribution in [-0.4, -0.2) is 32.9 Å². The molecule has 1 aliphatic heterocycles. The Labute approximate surface area is 168 Å².